The summed E-state index contributed by atoms with van der Waals surface area (Å²) in [6.45, 7) is 0.773. The molecule has 3 N–H and O–H groups in total. The molecule has 0 aliphatic heterocycles. The number of halogens is 1. The first-order valence-electron chi connectivity index (χ1n) is 14.3. The van der Waals surface area contributed by atoms with Crippen molar-refractivity contribution in [2.45, 2.75) is 65.2 Å². The van der Waals surface area contributed by atoms with Crippen LogP contribution < -0.4 is 10.6 Å². The maximum absolute atomic E-state index is 15.3. The third-order valence-corrected chi connectivity index (χ3v) is 7.00. The van der Waals surface area contributed by atoms with Gasteiger partial charge in [0.1, 0.15) is 23.7 Å². The molecule has 0 radical (unpaired) electrons. The summed E-state index contributed by atoms with van der Waals surface area (Å²) >= 11 is 0. The van der Waals surface area contributed by atoms with Gasteiger partial charge >= 0.3 is 0 Å². The Morgan fingerprint density at radius 3 is 2.69 bits per heavy atom. The first-order valence-corrected chi connectivity index (χ1v) is 12.2. The molecule has 1 unspecified atom stereocenters. The second-order valence-electron chi connectivity index (χ2n) is 9.50. The van der Waals surface area contributed by atoms with Crippen LogP contribution in [0.5, 0.6) is 0 Å². The van der Waals surface area contributed by atoms with Crippen molar-refractivity contribution in [2.75, 3.05) is 5.32 Å². The quantitative estimate of drug-likeness (QED) is 0.360. The number of pyridine rings is 1. The lowest BCUT2D eigenvalue weighted by Crippen LogP contribution is -2.50. The minimum Gasteiger partial charge on any atom is -0.364 e. The zero-order chi connectivity index (χ0) is 28.8. The van der Waals surface area contributed by atoms with Crippen LogP contribution in [0.1, 0.15) is 72.4 Å². The normalized spacial score (nSPS) is 19.1. The SMILES string of the molecule is [2H]C(c1[nH]nc(C)c1-c1ccc(NC(=O)[C@@H](NC(=O)c2conc2CC)C(C2CC2)C2CC2)nc1F)C([2H])([2H])[2H]. The smallest absolute Gasteiger partial charge is 0.257 e. The van der Waals surface area contributed by atoms with Gasteiger partial charge in [0.25, 0.3) is 5.91 Å². The number of H-pyrrole nitrogens is 1. The Labute approximate surface area is 214 Å². The molecule has 3 aromatic rings. The summed E-state index contributed by atoms with van der Waals surface area (Å²) in [5, 5.41) is 15.9. The van der Waals surface area contributed by atoms with Gasteiger partial charge in [-0.3, -0.25) is 14.7 Å². The van der Waals surface area contributed by atoms with Gasteiger partial charge in [-0.2, -0.15) is 9.49 Å². The van der Waals surface area contributed by atoms with Crippen molar-refractivity contribution in [1.29, 1.82) is 0 Å². The fourth-order valence-electron chi connectivity index (χ4n) is 4.94. The lowest BCUT2D eigenvalue weighted by atomic mass is 9.88. The molecular weight excluding hydrogens is 463 g/mol. The Balaban J connectivity index is 1.39. The van der Waals surface area contributed by atoms with Gasteiger partial charge in [0.2, 0.25) is 11.9 Å². The van der Waals surface area contributed by atoms with Crippen LogP contribution in [0.2, 0.25) is 0 Å². The molecule has 5 rings (SSSR count). The minimum absolute atomic E-state index is 0.0426. The molecule has 2 aliphatic carbocycles. The van der Waals surface area contributed by atoms with E-state index in [1.165, 1.54) is 18.4 Å². The van der Waals surface area contributed by atoms with Crippen molar-refractivity contribution >= 4 is 17.6 Å². The Bertz CT molecular complexity index is 1400. The van der Waals surface area contributed by atoms with E-state index in [1.54, 1.807) is 6.92 Å². The van der Waals surface area contributed by atoms with Crippen LogP contribution in [0.25, 0.3) is 11.1 Å². The van der Waals surface area contributed by atoms with E-state index in [4.69, 9.17) is 10.0 Å². The fourth-order valence-corrected chi connectivity index (χ4v) is 4.94. The molecule has 36 heavy (non-hydrogen) atoms. The number of hydrogen-bond donors (Lipinski definition) is 3. The Hall–Kier alpha value is -3.56. The largest absolute Gasteiger partial charge is 0.364 e. The lowest BCUT2D eigenvalue weighted by Gasteiger charge is -2.27. The molecule has 2 amide bonds. The highest BCUT2D eigenvalue weighted by atomic mass is 19.1. The first kappa shape index (κ1) is 19.6. The van der Waals surface area contributed by atoms with E-state index >= 15 is 4.39 Å². The van der Waals surface area contributed by atoms with Gasteiger partial charge < -0.3 is 15.2 Å². The monoisotopic (exact) mass is 498 g/mol. The summed E-state index contributed by atoms with van der Waals surface area (Å²) in [4.78, 5) is 30.6. The number of carbonyl (C=O) groups excluding carboxylic acids is 2. The van der Waals surface area contributed by atoms with Crippen molar-refractivity contribution < 1.29 is 24.0 Å². The molecule has 2 aliphatic rings. The van der Waals surface area contributed by atoms with Gasteiger partial charge in [-0.05, 0) is 75.3 Å². The summed E-state index contributed by atoms with van der Waals surface area (Å²) in [5.41, 5.74) is 1.14. The van der Waals surface area contributed by atoms with Crippen LogP contribution in [-0.4, -0.2) is 38.2 Å². The van der Waals surface area contributed by atoms with E-state index in [0.717, 1.165) is 25.7 Å². The molecule has 2 atom stereocenters. The first-order chi connectivity index (χ1) is 19.0. The van der Waals surface area contributed by atoms with Crippen LogP contribution in [0.15, 0.2) is 22.9 Å². The van der Waals surface area contributed by atoms with Crippen LogP contribution in [-0.2, 0) is 17.6 Å². The van der Waals surface area contributed by atoms with Gasteiger partial charge in [-0.15, -0.1) is 0 Å². The average molecular weight is 499 g/mol. The highest BCUT2D eigenvalue weighted by Crippen LogP contribution is 2.51. The minimum atomic E-state index is -2.64. The average Bonchev–Trinajstić information content (AvgIpc) is 3.83. The zero-order valence-electron chi connectivity index (χ0n) is 24.1. The summed E-state index contributed by atoms with van der Waals surface area (Å²) < 4.78 is 51.1. The van der Waals surface area contributed by atoms with E-state index in [1.807, 2.05) is 6.92 Å². The van der Waals surface area contributed by atoms with Crippen LogP contribution in [0, 0.1) is 30.6 Å². The second-order valence-corrected chi connectivity index (χ2v) is 9.50. The molecule has 0 aromatic carbocycles. The molecule has 10 heteroatoms. The third-order valence-electron chi connectivity index (χ3n) is 7.00. The maximum atomic E-state index is 15.3. The number of aromatic amines is 1. The predicted octanol–water partition coefficient (Wildman–Crippen LogP) is 4.21. The summed E-state index contributed by atoms with van der Waals surface area (Å²) in [7, 11) is 0. The zero-order valence-corrected chi connectivity index (χ0v) is 20.1. The molecular formula is C26H31FN6O3. The van der Waals surface area contributed by atoms with Gasteiger partial charge in [0.05, 0.1) is 11.4 Å². The molecule has 0 spiro atoms. The lowest BCUT2D eigenvalue weighted by molar-refractivity contribution is -0.119. The predicted molar refractivity (Wildman–Crippen MR) is 131 cm³/mol. The molecule has 0 bridgehead atoms. The Morgan fingerprint density at radius 2 is 2.06 bits per heavy atom. The van der Waals surface area contributed by atoms with Gasteiger partial charge in [0, 0.05) is 22.3 Å². The van der Waals surface area contributed by atoms with E-state index in [-0.39, 0.29) is 34.1 Å². The fraction of sp³-hybridized carbons (Fsp3) is 0.500. The van der Waals surface area contributed by atoms with Gasteiger partial charge in [-0.25, -0.2) is 4.98 Å². The molecule has 9 nitrogen and oxygen atoms in total. The molecule has 2 fully saturated rings. The van der Waals surface area contributed by atoms with Crippen molar-refractivity contribution in [2.24, 2.45) is 17.8 Å². The summed E-state index contributed by atoms with van der Waals surface area (Å²) in [6.07, 6.45) is 4.02. The molecule has 0 saturated heterocycles. The van der Waals surface area contributed by atoms with Gasteiger partial charge in [0.15, 0.2) is 0 Å². The Kier molecular flexibility index (Phi) is 5.35. The summed E-state index contributed by atoms with van der Waals surface area (Å²) in [5.74, 6) is -1.38. The number of nitrogens with zero attached hydrogens (tertiary/aromatic N) is 3. The molecule has 3 heterocycles. The number of nitrogens with one attached hydrogen (secondary N) is 3. The van der Waals surface area contributed by atoms with Gasteiger partial charge in [-0.1, -0.05) is 18.9 Å². The van der Waals surface area contributed by atoms with Crippen LogP contribution in [0.4, 0.5) is 10.2 Å². The van der Waals surface area contributed by atoms with E-state index < -0.39 is 37.1 Å². The van der Waals surface area contributed by atoms with Crippen molar-refractivity contribution in [1.82, 2.24) is 25.7 Å². The van der Waals surface area contributed by atoms with E-state index in [9.17, 15) is 9.59 Å². The number of rotatable bonds is 10. The molecule has 3 aromatic heterocycles. The number of hydrogen-bond acceptors (Lipinski definition) is 6. The van der Waals surface area contributed by atoms with E-state index in [0.29, 0.717) is 29.6 Å². The second kappa shape index (κ2) is 9.83. The van der Waals surface area contributed by atoms with E-state index in [2.05, 4.69) is 31.0 Å². The van der Waals surface area contributed by atoms with Crippen LogP contribution >= 0.6 is 0 Å². The highest BCUT2D eigenvalue weighted by molar-refractivity contribution is 6.01. The summed E-state index contributed by atoms with van der Waals surface area (Å²) in [6, 6.07) is 1.91. The van der Waals surface area contributed by atoms with Crippen molar-refractivity contribution in [3.63, 3.8) is 0 Å². The highest BCUT2D eigenvalue weighted by Gasteiger charge is 2.48. The topological polar surface area (TPSA) is 126 Å². The molecule has 2 saturated carbocycles. The number of carbonyl (C=O) groups is 2. The van der Waals surface area contributed by atoms with Crippen molar-refractivity contribution in [3.8, 4) is 11.1 Å². The number of anilines is 1. The number of aryl methyl sites for hydroxylation is 3. The number of aromatic nitrogens is 4. The third kappa shape index (κ3) is 4.76. The standard InChI is InChI=1S/C26H31FN6O3/c1-4-18-17(12-36-33-18)25(34)30-23(22(14-6-7-14)15-8-9-15)26(35)29-20-11-10-16(24(27)28-20)21-13(3)31-32-19(21)5-2/h10-12,14-15,22-23H,4-9H2,1-3H3,(H,30,34)(H,31,32)(H,28,29,35)/t23-/m0/s1/i2D3,5D/t5?,23-. The number of amides is 2. The van der Waals surface area contributed by atoms with Crippen LogP contribution in [0.3, 0.4) is 0 Å². The van der Waals surface area contributed by atoms with Crippen molar-refractivity contribution in [3.05, 3.63) is 47.0 Å². The Morgan fingerprint density at radius 1 is 1.31 bits per heavy atom. The molecule has 190 valence electrons. The maximum Gasteiger partial charge on any atom is 0.257 e.